The van der Waals surface area contributed by atoms with Gasteiger partial charge in [0.15, 0.2) is 6.10 Å². The molecule has 2 aliphatic heterocycles. The summed E-state index contributed by atoms with van der Waals surface area (Å²) in [6.07, 6.45) is -3.09. The summed E-state index contributed by atoms with van der Waals surface area (Å²) in [5, 5.41) is 9.59. The summed E-state index contributed by atoms with van der Waals surface area (Å²) in [6, 6.07) is -1.96. The predicted molar refractivity (Wildman–Crippen MR) is 86.7 cm³/mol. The van der Waals surface area contributed by atoms with E-state index in [9.17, 15) is 27.9 Å². The monoisotopic (exact) mass is 380 g/mol. The van der Waals surface area contributed by atoms with Crippen molar-refractivity contribution in [3.05, 3.63) is 0 Å². The third-order valence-electron chi connectivity index (χ3n) is 5.44. The molecule has 3 fully saturated rings. The van der Waals surface area contributed by atoms with Crippen LogP contribution in [0.15, 0.2) is 0 Å². The highest BCUT2D eigenvalue weighted by atomic mass is 32.2. The van der Waals surface area contributed by atoms with Gasteiger partial charge in [-0.05, 0) is 25.7 Å². The third-order valence-corrected chi connectivity index (χ3v) is 6.45. The molecule has 0 aromatic rings. The molecular formula is C16H23F3N2O3S. The Kier molecular flexibility index (Phi) is 5.53. The van der Waals surface area contributed by atoms with Crippen LogP contribution in [0.4, 0.5) is 13.2 Å². The fraction of sp³-hybridized carbons (Fsp3) is 0.875. The molecule has 1 saturated carbocycles. The maximum atomic E-state index is 12.9. The molecule has 2 heterocycles. The molecule has 3 atom stereocenters. The predicted octanol–water partition coefficient (Wildman–Crippen LogP) is 1.99. The van der Waals surface area contributed by atoms with Gasteiger partial charge in [-0.3, -0.25) is 9.59 Å². The summed E-state index contributed by atoms with van der Waals surface area (Å²) < 4.78 is 38.6. The molecule has 0 radical (unpaired) electrons. The topological polar surface area (TPSA) is 60.9 Å². The summed E-state index contributed by atoms with van der Waals surface area (Å²) in [5.41, 5.74) is 0. The van der Waals surface area contributed by atoms with Crippen LogP contribution < -0.4 is 0 Å². The molecule has 0 aromatic carbocycles. The Labute approximate surface area is 148 Å². The van der Waals surface area contributed by atoms with Gasteiger partial charge in [0.2, 0.25) is 11.8 Å². The average molecular weight is 380 g/mol. The second-order valence-corrected chi connectivity index (χ2v) is 8.03. The molecule has 0 unspecified atom stereocenters. The van der Waals surface area contributed by atoms with E-state index in [1.807, 2.05) is 0 Å². The zero-order valence-electron chi connectivity index (χ0n) is 13.9. The van der Waals surface area contributed by atoms with Gasteiger partial charge in [0, 0.05) is 18.2 Å². The number of hydrogen-bond acceptors (Lipinski definition) is 4. The van der Waals surface area contributed by atoms with E-state index in [0.717, 1.165) is 30.6 Å². The number of aliphatic hydroxyl groups excluding tert-OH is 1. The normalized spacial score (nSPS) is 29.4. The standard InChI is InChI=1S/C16H23F3N2O3S/c17-16(18,19)13(22)11-6-3-7-20(11)15(24)12-8-25-9-21(12)14(23)10-4-1-2-5-10/h10-13,22H,1-9H2/t11-,12+,13-/m0/s1. The molecule has 5 nitrogen and oxygen atoms in total. The highest BCUT2D eigenvalue weighted by Gasteiger charge is 2.50. The van der Waals surface area contributed by atoms with Gasteiger partial charge < -0.3 is 14.9 Å². The molecule has 25 heavy (non-hydrogen) atoms. The first kappa shape index (κ1) is 18.8. The first-order valence-corrected chi connectivity index (χ1v) is 9.89. The van der Waals surface area contributed by atoms with Gasteiger partial charge in [-0.2, -0.15) is 13.2 Å². The number of halogens is 3. The summed E-state index contributed by atoms with van der Waals surface area (Å²) in [7, 11) is 0. The number of likely N-dealkylation sites (tertiary alicyclic amines) is 1. The van der Waals surface area contributed by atoms with E-state index < -0.39 is 30.3 Å². The van der Waals surface area contributed by atoms with Crippen LogP contribution in [0.2, 0.25) is 0 Å². The van der Waals surface area contributed by atoms with E-state index in [2.05, 4.69) is 0 Å². The smallest absolute Gasteiger partial charge is 0.382 e. The number of nitrogens with zero attached hydrogens (tertiary/aromatic N) is 2. The highest BCUT2D eigenvalue weighted by molar-refractivity contribution is 7.99. The lowest BCUT2D eigenvalue weighted by Gasteiger charge is -2.34. The summed E-state index contributed by atoms with van der Waals surface area (Å²) in [4.78, 5) is 28.2. The largest absolute Gasteiger partial charge is 0.416 e. The zero-order valence-corrected chi connectivity index (χ0v) is 14.7. The summed E-state index contributed by atoms with van der Waals surface area (Å²) >= 11 is 1.45. The number of carbonyl (C=O) groups is 2. The van der Waals surface area contributed by atoms with Crippen LogP contribution >= 0.6 is 11.8 Å². The minimum Gasteiger partial charge on any atom is -0.382 e. The number of alkyl halides is 3. The Bertz CT molecular complexity index is 525. The first-order chi connectivity index (χ1) is 11.8. The van der Waals surface area contributed by atoms with Crippen molar-refractivity contribution in [2.75, 3.05) is 18.2 Å². The van der Waals surface area contributed by atoms with E-state index in [0.29, 0.717) is 18.1 Å². The van der Waals surface area contributed by atoms with Crippen LogP contribution in [0.5, 0.6) is 0 Å². The molecule has 3 aliphatic rings. The first-order valence-electron chi connectivity index (χ1n) is 8.74. The summed E-state index contributed by atoms with van der Waals surface area (Å²) in [6.45, 7) is 0.198. The Morgan fingerprint density at radius 2 is 1.72 bits per heavy atom. The maximum absolute atomic E-state index is 12.9. The highest BCUT2D eigenvalue weighted by Crippen LogP contribution is 2.34. The average Bonchev–Trinajstić information content (AvgIpc) is 3.32. The molecule has 0 bridgehead atoms. The lowest BCUT2D eigenvalue weighted by molar-refractivity contribution is -0.219. The van der Waals surface area contributed by atoms with Crippen molar-refractivity contribution in [3.63, 3.8) is 0 Å². The van der Waals surface area contributed by atoms with E-state index in [1.54, 1.807) is 4.90 Å². The van der Waals surface area contributed by atoms with E-state index >= 15 is 0 Å². The van der Waals surface area contributed by atoms with E-state index in [-0.39, 0.29) is 24.8 Å². The summed E-state index contributed by atoms with van der Waals surface area (Å²) in [5.74, 6) is 0.244. The van der Waals surface area contributed by atoms with E-state index in [1.165, 1.54) is 11.8 Å². The Hall–Kier alpha value is -0.960. The Morgan fingerprint density at radius 1 is 1.04 bits per heavy atom. The van der Waals surface area contributed by atoms with Crippen molar-refractivity contribution in [2.45, 2.75) is 62.9 Å². The fourth-order valence-electron chi connectivity index (χ4n) is 4.08. The van der Waals surface area contributed by atoms with Crippen molar-refractivity contribution in [1.29, 1.82) is 0 Å². The second-order valence-electron chi connectivity index (χ2n) is 7.03. The molecule has 9 heteroatoms. The number of aliphatic hydroxyl groups is 1. The number of hydrogen-bond donors (Lipinski definition) is 1. The van der Waals surface area contributed by atoms with Crippen molar-refractivity contribution < 1.29 is 27.9 Å². The molecule has 2 saturated heterocycles. The van der Waals surface area contributed by atoms with Gasteiger partial charge in [-0.1, -0.05) is 12.8 Å². The SMILES string of the molecule is O=C(C1CCCC1)N1CSC[C@@H]1C(=O)N1CCC[C@H]1[C@H](O)C(F)(F)F. The van der Waals surface area contributed by atoms with Crippen LogP contribution in [-0.2, 0) is 9.59 Å². The number of rotatable bonds is 3. The van der Waals surface area contributed by atoms with Crippen molar-refractivity contribution in [2.24, 2.45) is 5.92 Å². The van der Waals surface area contributed by atoms with Gasteiger partial charge >= 0.3 is 6.18 Å². The van der Waals surface area contributed by atoms with Crippen molar-refractivity contribution in [3.8, 4) is 0 Å². The minimum atomic E-state index is -4.75. The maximum Gasteiger partial charge on any atom is 0.416 e. The van der Waals surface area contributed by atoms with Crippen molar-refractivity contribution >= 4 is 23.6 Å². The molecule has 0 aromatic heterocycles. The number of amides is 2. The molecule has 0 spiro atoms. The van der Waals surface area contributed by atoms with Crippen LogP contribution in [-0.4, -0.2) is 69.3 Å². The van der Waals surface area contributed by atoms with E-state index in [4.69, 9.17) is 0 Å². The van der Waals surface area contributed by atoms with Crippen molar-refractivity contribution in [1.82, 2.24) is 9.80 Å². The lowest BCUT2D eigenvalue weighted by Crippen LogP contribution is -2.55. The molecule has 2 amide bonds. The molecule has 3 rings (SSSR count). The van der Waals surface area contributed by atoms with Crippen LogP contribution in [0.25, 0.3) is 0 Å². The fourth-order valence-corrected chi connectivity index (χ4v) is 5.23. The third kappa shape index (κ3) is 3.77. The van der Waals surface area contributed by atoms with Crippen LogP contribution in [0.3, 0.4) is 0 Å². The molecule has 1 aliphatic carbocycles. The minimum absolute atomic E-state index is 0.0482. The van der Waals surface area contributed by atoms with Crippen LogP contribution in [0, 0.1) is 5.92 Å². The Morgan fingerprint density at radius 3 is 2.36 bits per heavy atom. The number of thioether (sulfide) groups is 1. The lowest BCUT2D eigenvalue weighted by atomic mass is 10.0. The van der Waals surface area contributed by atoms with Gasteiger partial charge in [0.1, 0.15) is 6.04 Å². The van der Waals surface area contributed by atoms with Gasteiger partial charge in [0.25, 0.3) is 0 Å². The quantitative estimate of drug-likeness (QED) is 0.814. The number of carbonyl (C=O) groups excluding carboxylic acids is 2. The van der Waals surface area contributed by atoms with Gasteiger partial charge in [-0.25, -0.2) is 0 Å². The Balaban J connectivity index is 1.71. The van der Waals surface area contributed by atoms with Gasteiger partial charge in [0.05, 0.1) is 11.9 Å². The second kappa shape index (κ2) is 7.34. The molecule has 142 valence electrons. The zero-order chi connectivity index (χ0) is 18.2. The molecular weight excluding hydrogens is 357 g/mol. The molecule has 1 N–H and O–H groups in total. The van der Waals surface area contributed by atoms with Gasteiger partial charge in [-0.15, -0.1) is 11.8 Å². The van der Waals surface area contributed by atoms with Crippen LogP contribution in [0.1, 0.15) is 38.5 Å².